The highest BCUT2D eigenvalue weighted by Crippen LogP contribution is 2.49. The monoisotopic (exact) mass is 622 g/mol. The molecule has 8 aromatic carbocycles. The van der Waals surface area contributed by atoms with E-state index in [1.807, 2.05) is 6.07 Å². The quantitative estimate of drug-likeness (QED) is 0.188. The van der Waals surface area contributed by atoms with Gasteiger partial charge in [0.1, 0.15) is 11.2 Å². The molecule has 0 amide bonds. The molecule has 0 N–H and O–H groups in total. The molecule has 1 aliphatic rings. The molecule has 226 valence electrons. The van der Waals surface area contributed by atoms with E-state index in [1.165, 1.54) is 76.6 Å². The Morgan fingerprint density at radius 1 is 0.347 bits per heavy atom. The fourth-order valence-corrected chi connectivity index (χ4v) is 8.89. The van der Waals surface area contributed by atoms with Crippen LogP contribution in [0.2, 0.25) is 0 Å². The Bertz CT molecular complexity index is 3200. The van der Waals surface area contributed by atoms with Crippen LogP contribution in [0.15, 0.2) is 162 Å². The number of para-hydroxylation sites is 3. The largest absolute Gasteiger partial charge is 0.456 e. The summed E-state index contributed by atoms with van der Waals surface area (Å²) in [5.74, 6) is 0. The Labute approximate surface area is 280 Å². The van der Waals surface area contributed by atoms with Gasteiger partial charge in [-0.3, -0.25) is 0 Å². The van der Waals surface area contributed by atoms with E-state index >= 15 is 0 Å². The molecule has 3 heteroatoms. The van der Waals surface area contributed by atoms with Crippen molar-refractivity contribution in [2.45, 2.75) is 0 Å². The van der Waals surface area contributed by atoms with Gasteiger partial charge in [-0.2, -0.15) is 0 Å². The maximum atomic E-state index is 6.43. The molecule has 0 saturated heterocycles. The number of aromatic nitrogens is 2. The van der Waals surface area contributed by atoms with Gasteiger partial charge in [-0.1, -0.05) is 109 Å². The molecule has 3 aromatic heterocycles. The number of fused-ring (bicyclic) bond motifs is 14. The lowest BCUT2D eigenvalue weighted by atomic mass is 10.0. The molecule has 3 nitrogen and oxygen atoms in total. The number of hydrogen-bond acceptors (Lipinski definition) is 1. The molecule has 49 heavy (non-hydrogen) atoms. The van der Waals surface area contributed by atoms with Gasteiger partial charge in [-0.15, -0.1) is 0 Å². The van der Waals surface area contributed by atoms with Gasteiger partial charge in [0.2, 0.25) is 0 Å². The third-order valence-electron chi connectivity index (χ3n) is 10.8. The van der Waals surface area contributed by atoms with Crippen molar-refractivity contribution in [3.63, 3.8) is 0 Å². The second-order valence-electron chi connectivity index (χ2n) is 13.3. The number of furan rings is 1. The van der Waals surface area contributed by atoms with E-state index in [0.29, 0.717) is 0 Å². The van der Waals surface area contributed by atoms with Crippen molar-refractivity contribution in [1.29, 1.82) is 0 Å². The van der Waals surface area contributed by atoms with Crippen molar-refractivity contribution < 1.29 is 4.42 Å². The zero-order chi connectivity index (χ0) is 31.8. The minimum absolute atomic E-state index is 0.911. The average molecular weight is 623 g/mol. The van der Waals surface area contributed by atoms with Crippen LogP contribution in [0.25, 0.3) is 110 Å². The minimum Gasteiger partial charge on any atom is -0.456 e. The number of nitrogens with zero attached hydrogens (tertiary/aromatic N) is 2. The summed E-state index contributed by atoms with van der Waals surface area (Å²) in [7, 11) is 0. The maximum Gasteiger partial charge on any atom is 0.136 e. The first kappa shape index (κ1) is 25.5. The van der Waals surface area contributed by atoms with E-state index < -0.39 is 0 Å². The molecule has 3 heterocycles. The van der Waals surface area contributed by atoms with Gasteiger partial charge in [0.05, 0.1) is 22.1 Å². The number of rotatable bonds is 2. The van der Waals surface area contributed by atoms with Crippen LogP contribution in [0.5, 0.6) is 0 Å². The minimum atomic E-state index is 0.911. The van der Waals surface area contributed by atoms with Crippen molar-refractivity contribution in [3.8, 4) is 33.6 Å². The summed E-state index contributed by atoms with van der Waals surface area (Å²) >= 11 is 0. The lowest BCUT2D eigenvalue weighted by molar-refractivity contribution is 0.669. The summed E-state index contributed by atoms with van der Waals surface area (Å²) in [5.41, 5.74) is 14.1. The fraction of sp³-hybridized carbons (Fsp3) is 0. The lowest BCUT2D eigenvalue weighted by Gasteiger charge is -2.14. The summed E-state index contributed by atoms with van der Waals surface area (Å²) in [6.45, 7) is 0. The first-order valence-corrected chi connectivity index (χ1v) is 16.9. The third-order valence-corrected chi connectivity index (χ3v) is 10.8. The smallest absolute Gasteiger partial charge is 0.136 e. The number of hydrogen-bond donors (Lipinski definition) is 0. The highest BCUT2D eigenvalue weighted by molar-refractivity contribution is 6.31. The molecular weight excluding hydrogens is 597 g/mol. The van der Waals surface area contributed by atoms with E-state index in [4.69, 9.17) is 4.42 Å². The molecule has 1 aliphatic carbocycles. The van der Waals surface area contributed by atoms with Crippen LogP contribution in [-0.4, -0.2) is 9.13 Å². The molecule has 0 spiro atoms. The van der Waals surface area contributed by atoms with Crippen LogP contribution in [0.4, 0.5) is 0 Å². The molecule has 0 bridgehead atoms. The van der Waals surface area contributed by atoms with Gasteiger partial charge in [0.25, 0.3) is 0 Å². The van der Waals surface area contributed by atoms with Crippen molar-refractivity contribution in [2.75, 3.05) is 0 Å². The Balaban J connectivity index is 1.28. The molecule has 0 fully saturated rings. The molecule has 11 aromatic rings. The molecule has 0 radical (unpaired) electrons. The van der Waals surface area contributed by atoms with Crippen LogP contribution in [0, 0.1) is 0 Å². The first-order valence-electron chi connectivity index (χ1n) is 16.9. The zero-order valence-corrected chi connectivity index (χ0v) is 26.3. The third kappa shape index (κ3) is 3.17. The van der Waals surface area contributed by atoms with Crippen LogP contribution >= 0.6 is 0 Å². The summed E-state index contributed by atoms with van der Waals surface area (Å²) in [6.07, 6.45) is 0. The van der Waals surface area contributed by atoms with E-state index in [2.05, 4.69) is 161 Å². The predicted molar refractivity (Wildman–Crippen MR) is 204 cm³/mol. The van der Waals surface area contributed by atoms with Crippen molar-refractivity contribution in [1.82, 2.24) is 9.13 Å². The Hall–Kier alpha value is -6.58. The maximum absolute atomic E-state index is 6.43. The van der Waals surface area contributed by atoms with E-state index in [1.54, 1.807) is 0 Å². The van der Waals surface area contributed by atoms with Gasteiger partial charge < -0.3 is 13.6 Å². The summed E-state index contributed by atoms with van der Waals surface area (Å²) in [6, 6.07) is 57.5. The molecule has 0 aliphatic heterocycles. The highest BCUT2D eigenvalue weighted by atomic mass is 16.3. The van der Waals surface area contributed by atoms with Gasteiger partial charge in [0.15, 0.2) is 0 Å². The van der Waals surface area contributed by atoms with Crippen LogP contribution < -0.4 is 0 Å². The molecule has 12 rings (SSSR count). The van der Waals surface area contributed by atoms with Crippen LogP contribution in [0.3, 0.4) is 0 Å². The fourth-order valence-electron chi connectivity index (χ4n) is 8.89. The molecular formula is C46H26N2O. The normalized spacial score (nSPS) is 12.5. The van der Waals surface area contributed by atoms with E-state index in [9.17, 15) is 0 Å². The van der Waals surface area contributed by atoms with Crippen molar-refractivity contribution in [2.24, 2.45) is 0 Å². The Morgan fingerprint density at radius 2 is 1.06 bits per heavy atom. The molecule has 0 saturated carbocycles. The summed E-state index contributed by atoms with van der Waals surface area (Å²) < 4.78 is 11.4. The molecule has 0 unspecified atom stereocenters. The topological polar surface area (TPSA) is 23.0 Å². The van der Waals surface area contributed by atoms with E-state index in [-0.39, 0.29) is 0 Å². The molecule has 0 atom stereocenters. The SMILES string of the molecule is c1ccc(-n2c3ccc4oc5ccccc5c4c3c3ccc4c5ccccc5n(-c5ccc6c(c5)-c5cccc7cccc-6c57)c4c32)cc1. The Kier molecular flexibility index (Phi) is 4.72. The van der Waals surface area contributed by atoms with Crippen LogP contribution in [0.1, 0.15) is 0 Å². The number of benzene rings is 8. The lowest BCUT2D eigenvalue weighted by Crippen LogP contribution is -1.99. The van der Waals surface area contributed by atoms with Gasteiger partial charge in [-0.05, 0) is 81.6 Å². The second kappa shape index (κ2) is 9.06. The predicted octanol–water partition coefficient (Wildman–Crippen LogP) is 12.6. The van der Waals surface area contributed by atoms with Crippen molar-refractivity contribution >= 4 is 76.3 Å². The first-order chi connectivity index (χ1) is 24.3. The van der Waals surface area contributed by atoms with E-state index in [0.717, 1.165) is 33.3 Å². The van der Waals surface area contributed by atoms with Gasteiger partial charge >= 0.3 is 0 Å². The summed E-state index contributed by atoms with van der Waals surface area (Å²) in [5, 5.41) is 9.86. The Morgan fingerprint density at radius 3 is 1.94 bits per heavy atom. The standard InChI is InChI=1S/C46H26N2O/c1-2-12-28(13-3-1)47-39-24-25-41-44(35-15-5-7-19-40(35)49-41)43(39)36-23-22-34-31-14-4-6-18-38(31)48(45(34)46(36)47)29-20-21-30-32-16-8-10-27-11-9-17-33(42(27)32)37(30)26-29/h1-26H. The average Bonchev–Trinajstić information content (AvgIpc) is 3.89. The highest BCUT2D eigenvalue weighted by Gasteiger charge is 2.26. The van der Waals surface area contributed by atoms with Gasteiger partial charge in [-0.25, -0.2) is 0 Å². The summed E-state index contributed by atoms with van der Waals surface area (Å²) in [4.78, 5) is 0. The van der Waals surface area contributed by atoms with Crippen LogP contribution in [-0.2, 0) is 0 Å². The zero-order valence-electron chi connectivity index (χ0n) is 26.3. The second-order valence-corrected chi connectivity index (χ2v) is 13.3. The van der Waals surface area contributed by atoms with Gasteiger partial charge in [0, 0.05) is 43.7 Å². The van der Waals surface area contributed by atoms with Crippen molar-refractivity contribution in [3.05, 3.63) is 158 Å².